The highest BCUT2D eigenvalue weighted by molar-refractivity contribution is 5.84. The van der Waals surface area contributed by atoms with E-state index in [4.69, 9.17) is 9.47 Å². The average molecular weight is 321 g/mol. The molecule has 0 saturated heterocycles. The standard InChI is InChI=1S/C17H17F2NO3/c18-17(19)10-12(11-17)9-16(21)23-8-7-22-15-5-6-20-14-4-2-1-3-13(14)15/h1-6,12H,7-11H2. The Kier molecular flexibility index (Phi) is 4.41. The number of benzene rings is 1. The topological polar surface area (TPSA) is 48.4 Å². The molecule has 1 fully saturated rings. The van der Waals surface area contributed by atoms with Crippen LogP contribution < -0.4 is 4.74 Å². The third-order valence-electron chi connectivity index (χ3n) is 3.84. The van der Waals surface area contributed by atoms with Gasteiger partial charge in [-0.3, -0.25) is 9.78 Å². The maximum atomic E-state index is 12.7. The first kappa shape index (κ1) is 15.6. The second kappa shape index (κ2) is 6.48. The Morgan fingerprint density at radius 1 is 1.22 bits per heavy atom. The molecule has 2 aromatic rings. The fourth-order valence-electron chi connectivity index (χ4n) is 2.73. The Morgan fingerprint density at radius 2 is 2.00 bits per heavy atom. The number of nitrogens with zero attached hydrogens (tertiary/aromatic N) is 1. The van der Waals surface area contributed by atoms with Gasteiger partial charge in [0.1, 0.15) is 19.0 Å². The number of fused-ring (bicyclic) bond motifs is 1. The zero-order chi connectivity index (χ0) is 16.3. The average Bonchev–Trinajstić information content (AvgIpc) is 2.50. The van der Waals surface area contributed by atoms with E-state index in [-0.39, 0.29) is 38.4 Å². The zero-order valence-electron chi connectivity index (χ0n) is 12.5. The smallest absolute Gasteiger partial charge is 0.306 e. The summed E-state index contributed by atoms with van der Waals surface area (Å²) in [4.78, 5) is 15.8. The number of aromatic nitrogens is 1. The Bertz CT molecular complexity index is 692. The Balaban J connectivity index is 1.42. The van der Waals surface area contributed by atoms with Crippen molar-refractivity contribution in [1.82, 2.24) is 4.98 Å². The first-order valence-corrected chi connectivity index (χ1v) is 7.53. The normalized spacial score (nSPS) is 16.8. The summed E-state index contributed by atoms with van der Waals surface area (Å²) in [5.74, 6) is -2.64. The van der Waals surface area contributed by atoms with Gasteiger partial charge in [0.25, 0.3) is 0 Å². The molecule has 0 N–H and O–H groups in total. The van der Waals surface area contributed by atoms with E-state index in [9.17, 15) is 13.6 Å². The summed E-state index contributed by atoms with van der Waals surface area (Å²) < 4.78 is 36.0. The molecule has 3 rings (SSSR count). The molecule has 23 heavy (non-hydrogen) atoms. The number of para-hydroxylation sites is 1. The molecule has 0 spiro atoms. The number of carbonyl (C=O) groups excluding carboxylic acids is 1. The number of hydrogen-bond acceptors (Lipinski definition) is 4. The van der Waals surface area contributed by atoms with Crippen molar-refractivity contribution in [3.8, 4) is 5.75 Å². The van der Waals surface area contributed by atoms with E-state index in [0.717, 1.165) is 10.9 Å². The van der Waals surface area contributed by atoms with Crippen LogP contribution in [0.2, 0.25) is 0 Å². The van der Waals surface area contributed by atoms with Crippen LogP contribution in [0.3, 0.4) is 0 Å². The van der Waals surface area contributed by atoms with Gasteiger partial charge in [-0.05, 0) is 24.1 Å². The number of ether oxygens (including phenoxy) is 2. The van der Waals surface area contributed by atoms with Crippen molar-refractivity contribution in [2.24, 2.45) is 5.92 Å². The summed E-state index contributed by atoms with van der Waals surface area (Å²) in [5.41, 5.74) is 0.827. The van der Waals surface area contributed by atoms with Crippen molar-refractivity contribution in [1.29, 1.82) is 0 Å². The van der Waals surface area contributed by atoms with Crippen LogP contribution in [0.5, 0.6) is 5.75 Å². The fourth-order valence-corrected chi connectivity index (χ4v) is 2.73. The van der Waals surface area contributed by atoms with Crippen molar-refractivity contribution >= 4 is 16.9 Å². The molecule has 1 aliphatic carbocycles. The van der Waals surface area contributed by atoms with Crippen molar-refractivity contribution in [2.45, 2.75) is 25.2 Å². The number of pyridine rings is 1. The predicted molar refractivity (Wildman–Crippen MR) is 80.5 cm³/mol. The number of rotatable bonds is 6. The Morgan fingerprint density at radius 3 is 2.78 bits per heavy atom. The van der Waals surface area contributed by atoms with E-state index in [1.54, 1.807) is 12.3 Å². The lowest BCUT2D eigenvalue weighted by Gasteiger charge is -2.34. The Hall–Kier alpha value is -2.24. The number of halogens is 2. The molecule has 0 radical (unpaired) electrons. The van der Waals surface area contributed by atoms with E-state index in [2.05, 4.69) is 4.98 Å². The van der Waals surface area contributed by atoms with E-state index in [1.807, 2.05) is 24.3 Å². The van der Waals surface area contributed by atoms with Crippen LogP contribution in [0.15, 0.2) is 36.5 Å². The fraction of sp³-hybridized carbons (Fsp3) is 0.412. The van der Waals surface area contributed by atoms with Crippen LogP contribution in [0.4, 0.5) is 8.78 Å². The molecule has 1 aromatic carbocycles. The molecule has 1 aliphatic rings. The number of carbonyl (C=O) groups is 1. The van der Waals surface area contributed by atoms with Gasteiger partial charge in [-0.25, -0.2) is 8.78 Å². The van der Waals surface area contributed by atoms with Crippen LogP contribution in [0.1, 0.15) is 19.3 Å². The van der Waals surface area contributed by atoms with Crippen LogP contribution in [0, 0.1) is 5.92 Å². The minimum absolute atomic E-state index is 0.0494. The lowest BCUT2D eigenvalue weighted by molar-refractivity contribution is -0.153. The van der Waals surface area contributed by atoms with E-state index < -0.39 is 11.9 Å². The molecule has 0 atom stereocenters. The summed E-state index contributed by atoms with van der Waals surface area (Å²) in [7, 11) is 0. The highest BCUT2D eigenvalue weighted by Gasteiger charge is 2.45. The van der Waals surface area contributed by atoms with Crippen LogP contribution in [-0.2, 0) is 9.53 Å². The molecule has 0 unspecified atom stereocenters. The molecular weight excluding hydrogens is 304 g/mol. The first-order valence-electron chi connectivity index (χ1n) is 7.53. The van der Waals surface area contributed by atoms with E-state index >= 15 is 0 Å². The second-order valence-electron chi connectivity index (χ2n) is 5.73. The van der Waals surface area contributed by atoms with Crippen molar-refractivity contribution in [3.05, 3.63) is 36.5 Å². The molecule has 0 amide bonds. The van der Waals surface area contributed by atoms with Gasteiger partial charge < -0.3 is 9.47 Å². The van der Waals surface area contributed by atoms with Crippen LogP contribution in [0.25, 0.3) is 10.9 Å². The zero-order valence-corrected chi connectivity index (χ0v) is 12.5. The Labute approximate surface area is 132 Å². The molecule has 0 aliphatic heterocycles. The third kappa shape index (κ3) is 3.94. The van der Waals surface area contributed by atoms with Gasteiger partial charge in [0.2, 0.25) is 5.92 Å². The second-order valence-corrected chi connectivity index (χ2v) is 5.73. The van der Waals surface area contributed by atoms with Crippen molar-refractivity contribution in [2.75, 3.05) is 13.2 Å². The van der Waals surface area contributed by atoms with Gasteiger partial charge >= 0.3 is 5.97 Å². The highest BCUT2D eigenvalue weighted by atomic mass is 19.3. The quantitative estimate of drug-likeness (QED) is 0.602. The largest absolute Gasteiger partial charge is 0.489 e. The summed E-state index contributed by atoms with van der Waals surface area (Å²) in [5, 5.41) is 0.887. The first-order chi connectivity index (χ1) is 11.0. The summed E-state index contributed by atoms with van der Waals surface area (Å²) in [6.07, 6.45) is 1.26. The molecule has 1 heterocycles. The molecule has 4 nitrogen and oxygen atoms in total. The number of alkyl halides is 2. The van der Waals surface area contributed by atoms with E-state index in [0.29, 0.717) is 5.75 Å². The maximum absolute atomic E-state index is 12.7. The lowest BCUT2D eigenvalue weighted by atomic mass is 9.79. The molecule has 122 valence electrons. The number of esters is 1. The molecule has 6 heteroatoms. The van der Waals surface area contributed by atoms with Gasteiger partial charge in [0.15, 0.2) is 0 Å². The van der Waals surface area contributed by atoms with Gasteiger partial charge in [-0.15, -0.1) is 0 Å². The minimum atomic E-state index is -2.60. The highest BCUT2D eigenvalue weighted by Crippen LogP contribution is 2.44. The third-order valence-corrected chi connectivity index (χ3v) is 3.84. The summed E-state index contributed by atoms with van der Waals surface area (Å²) in [6.45, 7) is 0.305. The van der Waals surface area contributed by atoms with Gasteiger partial charge in [0, 0.05) is 30.8 Å². The monoisotopic (exact) mass is 321 g/mol. The van der Waals surface area contributed by atoms with Crippen molar-refractivity contribution < 1.29 is 23.0 Å². The maximum Gasteiger partial charge on any atom is 0.306 e. The minimum Gasteiger partial charge on any atom is -0.489 e. The molecule has 1 saturated carbocycles. The molecule has 1 aromatic heterocycles. The summed E-state index contributed by atoms with van der Waals surface area (Å²) >= 11 is 0. The molecule has 0 bridgehead atoms. The van der Waals surface area contributed by atoms with Crippen LogP contribution in [-0.4, -0.2) is 30.1 Å². The summed E-state index contributed by atoms with van der Waals surface area (Å²) in [6, 6.07) is 9.33. The predicted octanol–water partition coefficient (Wildman–Crippen LogP) is 3.59. The van der Waals surface area contributed by atoms with E-state index in [1.165, 1.54) is 0 Å². The number of hydrogen-bond donors (Lipinski definition) is 0. The SMILES string of the molecule is O=C(CC1CC(F)(F)C1)OCCOc1ccnc2ccccc12. The molecular formula is C17H17F2NO3. The lowest BCUT2D eigenvalue weighted by Crippen LogP contribution is -2.36. The van der Waals surface area contributed by atoms with Gasteiger partial charge in [-0.2, -0.15) is 0 Å². The van der Waals surface area contributed by atoms with Gasteiger partial charge in [-0.1, -0.05) is 12.1 Å². The van der Waals surface area contributed by atoms with Gasteiger partial charge in [0.05, 0.1) is 5.52 Å². The van der Waals surface area contributed by atoms with Crippen molar-refractivity contribution in [3.63, 3.8) is 0 Å². The van der Waals surface area contributed by atoms with Crippen LogP contribution >= 0.6 is 0 Å².